The fourth-order valence-corrected chi connectivity index (χ4v) is 2.42. The van der Waals surface area contributed by atoms with Gasteiger partial charge < -0.3 is 5.32 Å². The van der Waals surface area contributed by atoms with Crippen LogP contribution in [0.1, 0.15) is 27.7 Å². The Morgan fingerprint density at radius 2 is 2.18 bits per heavy atom. The normalized spacial score (nSPS) is 13.7. The number of rotatable bonds is 5. The Labute approximate surface area is 114 Å². The van der Waals surface area contributed by atoms with E-state index in [1.165, 1.54) is 0 Å². The van der Waals surface area contributed by atoms with Gasteiger partial charge >= 0.3 is 0 Å². The summed E-state index contributed by atoms with van der Waals surface area (Å²) in [7, 11) is 0. The molecule has 0 saturated carbocycles. The van der Waals surface area contributed by atoms with Crippen molar-refractivity contribution in [3.8, 4) is 0 Å². The summed E-state index contributed by atoms with van der Waals surface area (Å²) < 4.78 is 0. The van der Waals surface area contributed by atoms with Crippen LogP contribution in [0.5, 0.6) is 0 Å². The summed E-state index contributed by atoms with van der Waals surface area (Å²) in [6.07, 6.45) is 1.78. The number of nitrogens with zero attached hydrogens (tertiary/aromatic N) is 1. The molecule has 1 aromatic heterocycles. The van der Waals surface area contributed by atoms with Crippen molar-refractivity contribution in [3.63, 3.8) is 0 Å². The Balaban J connectivity index is 2.34. The molecule has 2 nitrogen and oxygen atoms in total. The van der Waals surface area contributed by atoms with Crippen LogP contribution in [0, 0.1) is 5.92 Å². The molecule has 0 bridgehead atoms. The van der Waals surface area contributed by atoms with Crippen molar-refractivity contribution in [2.45, 2.75) is 38.3 Å². The number of hydrogen-bond donors (Lipinski definition) is 1. The molecule has 0 aliphatic heterocycles. The van der Waals surface area contributed by atoms with E-state index < -0.39 is 0 Å². The second-order valence-electron chi connectivity index (χ2n) is 5.34. The minimum atomic E-state index is 0.182. The predicted molar refractivity (Wildman–Crippen MR) is 76.9 cm³/mol. The average Bonchev–Trinajstić information content (AvgIpc) is 2.24. The molecule has 96 valence electrons. The Bertz CT molecular complexity index is 350. The Kier molecular flexibility index (Phi) is 5.77. The molecule has 0 aliphatic carbocycles. The van der Waals surface area contributed by atoms with E-state index in [4.69, 9.17) is 11.6 Å². The van der Waals surface area contributed by atoms with Gasteiger partial charge in [0.1, 0.15) is 5.03 Å². The van der Waals surface area contributed by atoms with Crippen LogP contribution in [-0.2, 0) is 0 Å². The van der Waals surface area contributed by atoms with Gasteiger partial charge in [0.05, 0.1) is 5.02 Å². The number of pyridine rings is 1. The first-order valence-corrected chi connectivity index (χ1v) is 7.23. The molecule has 1 rings (SSSR count). The van der Waals surface area contributed by atoms with Crippen LogP contribution in [-0.4, -0.2) is 22.8 Å². The first-order chi connectivity index (χ1) is 7.88. The number of halogens is 1. The molecule has 4 heteroatoms. The number of nitrogens with one attached hydrogen (secondary N) is 1. The second kappa shape index (κ2) is 6.62. The lowest BCUT2D eigenvalue weighted by atomic mass is 10.1. The van der Waals surface area contributed by atoms with Gasteiger partial charge in [-0.2, -0.15) is 0 Å². The lowest BCUT2D eigenvalue weighted by Crippen LogP contribution is -2.39. The molecule has 0 saturated heterocycles. The lowest BCUT2D eigenvalue weighted by Gasteiger charge is -2.23. The summed E-state index contributed by atoms with van der Waals surface area (Å²) >= 11 is 7.78. The smallest absolute Gasteiger partial charge is 0.115 e. The van der Waals surface area contributed by atoms with E-state index in [2.05, 4.69) is 38.0 Å². The van der Waals surface area contributed by atoms with Crippen molar-refractivity contribution >= 4 is 23.4 Å². The molecule has 1 atom stereocenters. The third-order valence-corrected chi connectivity index (χ3v) is 3.96. The van der Waals surface area contributed by atoms with Gasteiger partial charge in [-0.25, -0.2) is 4.98 Å². The second-order valence-corrected chi connectivity index (χ2v) is 6.75. The Hall–Kier alpha value is -0.250. The van der Waals surface area contributed by atoms with Gasteiger partial charge in [0.2, 0.25) is 0 Å². The fourth-order valence-electron chi connectivity index (χ4n) is 1.24. The van der Waals surface area contributed by atoms with Gasteiger partial charge in [-0.05, 0) is 45.4 Å². The molecule has 1 N–H and O–H groups in total. The van der Waals surface area contributed by atoms with E-state index >= 15 is 0 Å². The molecule has 1 aromatic rings. The maximum Gasteiger partial charge on any atom is 0.115 e. The topological polar surface area (TPSA) is 24.9 Å². The number of thioether (sulfide) groups is 1. The molecule has 0 radical (unpaired) electrons. The standard InChI is InChI=1S/C13H21ClN2S/c1-10(8-16-13(2,3)4)9-17-12-11(14)6-5-7-15-12/h5-7,10,16H,8-9H2,1-4H3. The summed E-state index contributed by atoms with van der Waals surface area (Å²) in [6.45, 7) is 9.80. The van der Waals surface area contributed by atoms with E-state index in [1.54, 1.807) is 18.0 Å². The largest absolute Gasteiger partial charge is 0.312 e. The van der Waals surface area contributed by atoms with Crippen LogP contribution in [0.4, 0.5) is 0 Å². The molecule has 0 aromatic carbocycles. The van der Waals surface area contributed by atoms with Crippen LogP contribution in [0.3, 0.4) is 0 Å². The lowest BCUT2D eigenvalue weighted by molar-refractivity contribution is 0.395. The van der Waals surface area contributed by atoms with Gasteiger partial charge in [-0.3, -0.25) is 0 Å². The van der Waals surface area contributed by atoms with E-state index in [1.807, 2.05) is 12.1 Å². The highest BCUT2D eigenvalue weighted by Gasteiger charge is 2.12. The Morgan fingerprint density at radius 3 is 2.76 bits per heavy atom. The van der Waals surface area contributed by atoms with Crippen LogP contribution < -0.4 is 5.32 Å². The minimum Gasteiger partial charge on any atom is -0.312 e. The van der Waals surface area contributed by atoms with Crippen molar-refractivity contribution in [2.75, 3.05) is 12.3 Å². The van der Waals surface area contributed by atoms with Gasteiger partial charge in [0.15, 0.2) is 0 Å². The molecule has 0 spiro atoms. The number of aromatic nitrogens is 1. The average molecular weight is 273 g/mol. The summed E-state index contributed by atoms with van der Waals surface area (Å²) in [4.78, 5) is 4.27. The summed E-state index contributed by atoms with van der Waals surface area (Å²) in [5, 5.41) is 5.18. The SMILES string of the molecule is CC(CNC(C)(C)C)CSc1ncccc1Cl. The zero-order valence-electron chi connectivity index (χ0n) is 11.0. The van der Waals surface area contributed by atoms with Crippen molar-refractivity contribution < 1.29 is 0 Å². The zero-order chi connectivity index (χ0) is 12.9. The van der Waals surface area contributed by atoms with Crippen LogP contribution >= 0.6 is 23.4 Å². The van der Waals surface area contributed by atoms with E-state index in [9.17, 15) is 0 Å². The third kappa shape index (κ3) is 6.29. The van der Waals surface area contributed by atoms with Gasteiger partial charge in [-0.1, -0.05) is 18.5 Å². The van der Waals surface area contributed by atoms with Crippen molar-refractivity contribution in [1.29, 1.82) is 0 Å². The van der Waals surface area contributed by atoms with Crippen LogP contribution in [0.15, 0.2) is 23.4 Å². The molecular formula is C13H21ClN2S. The highest BCUT2D eigenvalue weighted by atomic mass is 35.5. The quantitative estimate of drug-likeness (QED) is 0.824. The molecule has 1 heterocycles. The van der Waals surface area contributed by atoms with Gasteiger partial charge in [-0.15, -0.1) is 11.8 Å². The minimum absolute atomic E-state index is 0.182. The van der Waals surface area contributed by atoms with E-state index in [0.717, 1.165) is 22.3 Å². The molecule has 1 unspecified atom stereocenters. The van der Waals surface area contributed by atoms with Gasteiger partial charge in [0.25, 0.3) is 0 Å². The predicted octanol–water partition coefficient (Wildman–Crippen LogP) is 3.85. The monoisotopic (exact) mass is 272 g/mol. The summed E-state index contributed by atoms with van der Waals surface area (Å²) in [6, 6.07) is 3.74. The highest BCUT2D eigenvalue weighted by Crippen LogP contribution is 2.25. The maximum atomic E-state index is 6.06. The summed E-state index contributed by atoms with van der Waals surface area (Å²) in [5.41, 5.74) is 0.182. The highest BCUT2D eigenvalue weighted by molar-refractivity contribution is 7.99. The van der Waals surface area contributed by atoms with Crippen molar-refractivity contribution in [1.82, 2.24) is 10.3 Å². The Morgan fingerprint density at radius 1 is 1.47 bits per heavy atom. The molecule has 0 fully saturated rings. The van der Waals surface area contributed by atoms with Crippen LogP contribution in [0.2, 0.25) is 5.02 Å². The molecule has 0 amide bonds. The van der Waals surface area contributed by atoms with Crippen molar-refractivity contribution in [2.24, 2.45) is 5.92 Å². The van der Waals surface area contributed by atoms with E-state index in [-0.39, 0.29) is 5.54 Å². The summed E-state index contributed by atoms with van der Waals surface area (Å²) in [5.74, 6) is 1.62. The first kappa shape index (κ1) is 14.8. The third-order valence-electron chi connectivity index (χ3n) is 2.21. The van der Waals surface area contributed by atoms with E-state index in [0.29, 0.717) is 5.92 Å². The fraction of sp³-hybridized carbons (Fsp3) is 0.615. The number of hydrogen-bond acceptors (Lipinski definition) is 3. The van der Waals surface area contributed by atoms with Crippen LogP contribution in [0.25, 0.3) is 0 Å². The molecular weight excluding hydrogens is 252 g/mol. The van der Waals surface area contributed by atoms with Gasteiger partial charge in [0, 0.05) is 17.5 Å². The molecule has 17 heavy (non-hydrogen) atoms. The maximum absolute atomic E-state index is 6.06. The first-order valence-electron chi connectivity index (χ1n) is 5.87. The molecule has 0 aliphatic rings. The zero-order valence-corrected chi connectivity index (χ0v) is 12.5. The van der Waals surface area contributed by atoms with Crippen molar-refractivity contribution in [3.05, 3.63) is 23.4 Å².